The zero-order chi connectivity index (χ0) is 23.7. The molecule has 2 aliphatic heterocycles. The van der Waals surface area contributed by atoms with E-state index in [9.17, 15) is 0 Å². The van der Waals surface area contributed by atoms with Crippen molar-refractivity contribution in [1.82, 2.24) is 19.9 Å². The summed E-state index contributed by atoms with van der Waals surface area (Å²) < 4.78 is 2.02. The lowest BCUT2D eigenvalue weighted by Gasteiger charge is -2.33. The Morgan fingerprint density at radius 2 is 1.94 bits per heavy atom. The highest BCUT2D eigenvalue weighted by Gasteiger charge is 2.27. The van der Waals surface area contributed by atoms with E-state index in [4.69, 9.17) is 4.98 Å². The van der Waals surface area contributed by atoms with E-state index >= 15 is 0 Å². The quantitative estimate of drug-likeness (QED) is 0.534. The second kappa shape index (κ2) is 9.30. The van der Waals surface area contributed by atoms with Gasteiger partial charge in [-0.2, -0.15) is 0 Å². The molecule has 0 radical (unpaired) electrons. The fourth-order valence-electron chi connectivity index (χ4n) is 4.47. The smallest absolute Gasteiger partial charge is 0.264 e. The van der Waals surface area contributed by atoms with Gasteiger partial charge in [0.1, 0.15) is 5.82 Å². The summed E-state index contributed by atoms with van der Waals surface area (Å²) in [7, 11) is 2.16. The maximum Gasteiger partial charge on any atom is 0.264 e. The van der Waals surface area contributed by atoms with Crippen molar-refractivity contribution in [3.63, 3.8) is 0 Å². The molecule has 0 amide bonds. The van der Waals surface area contributed by atoms with Crippen LogP contribution >= 0.6 is 0 Å². The summed E-state index contributed by atoms with van der Waals surface area (Å²) in [6.07, 6.45) is 5.87. The fourth-order valence-corrected chi connectivity index (χ4v) is 4.47. The Hall–Kier alpha value is -3.65. The van der Waals surface area contributed by atoms with Crippen LogP contribution in [0.3, 0.4) is 0 Å². The Bertz CT molecular complexity index is 1270. The van der Waals surface area contributed by atoms with Gasteiger partial charge in [-0.05, 0) is 51.1 Å². The molecular formula is C26H31N8+. The van der Waals surface area contributed by atoms with Crippen LogP contribution in [-0.2, 0) is 0 Å². The first-order valence-corrected chi connectivity index (χ1v) is 11.9. The van der Waals surface area contributed by atoms with Crippen molar-refractivity contribution in [2.75, 3.05) is 50.0 Å². The van der Waals surface area contributed by atoms with E-state index in [0.29, 0.717) is 5.95 Å². The Kier molecular flexibility index (Phi) is 6.06. The molecule has 174 valence electrons. The Balaban J connectivity index is 1.34. The highest BCUT2D eigenvalue weighted by atomic mass is 15.3. The summed E-state index contributed by atoms with van der Waals surface area (Å²) in [6, 6.07) is 10.4. The van der Waals surface area contributed by atoms with Crippen molar-refractivity contribution in [1.29, 1.82) is 0 Å². The molecule has 8 nitrogen and oxygen atoms in total. The third kappa shape index (κ3) is 4.28. The number of aryl methyl sites for hydroxylation is 1. The van der Waals surface area contributed by atoms with E-state index in [1.165, 1.54) is 5.69 Å². The number of aromatic nitrogens is 3. The first-order valence-electron chi connectivity index (χ1n) is 11.9. The second-order valence-electron chi connectivity index (χ2n) is 8.73. The van der Waals surface area contributed by atoms with Crippen molar-refractivity contribution >= 4 is 34.4 Å². The molecular weight excluding hydrogens is 424 g/mol. The van der Waals surface area contributed by atoms with E-state index in [0.717, 1.165) is 72.3 Å². The van der Waals surface area contributed by atoms with Gasteiger partial charge >= 0.3 is 0 Å². The number of anilines is 3. The van der Waals surface area contributed by atoms with Gasteiger partial charge in [0, 0.05) is 67.1 Å². The van der Waals surface area contributed by atoms with E-state index in [1.54, 1.807) is 0 Å². The van der Waals surface area contributed by atoms with Gasteiger partial charge in [-0.3, -0.25) is 0 Å². The standard InChI is InChI=1S/C26H31N8/c1-5-21(19-7-8-23-24(15-19)34(6-2)31-23)22-17-28-26(29-18(22)3)30-20-9-10-27-25(16-20)33-13-11-32(4)12-14-33/h5,7-10,15-17H,6,11-14H2,1-4H3,(H,27,28,29,30)/q+1/b21-5-. The molecule has 1 saturated heterocycles. The Labute approximate surface area is 200 Å². The lowest BCUT2D eigenvalue weighted by molar-refractivity contribution is -0.521. The van der Waals surface area contributed by atoms with Crippen molar-refractivity contribution in [3.05, 3.63) is 65.6 Å². The minimum absolute atomic E-state index is 0.584. The Morgan fingerprint density at radius 1 is 1.12 bits per heavy atom. The molecule has 0 saturated carbocycles. The minimum atomic E-state index is 0.584. The lowest BCUT2D eigenvalue weighted by atomic mass is 9.96. The number of rotatable bonds is 6. The summed E-state index contributed by atoms with van der Waals surface area (Å²) in [6.45, 7) is 11.1. The predicted molar refractivity (Wildman–Crippen MR) is 136 cm³/mol. The molecule has 0 aliphatic carbocycles. The first kappa shape index (κ1) is 22.2. The number of piperazine rings is 1. The molecule has 2 aromatic heterocycles. The molecule has 1 fully saturated rings. The molecule has 0 unspecified atom stereocenters. The zero-order valence-corrected chi connectivity index (χ0v) is 20.3. The van der Waals surface area contributed by atoms with Crippen LogP contribution < -0.4 is 10.2 Å². The van der Waals surface area contributed by atoms with Gasteiger partial charge in [-0.15, -0.1) is 0 Å². The van der Waals surface area contributed by atoms with Gasteiger partial charge in [-0.1, -0.05) is 16.8 Å². The van der Waals surface area contributed by atoms with Crippen molar-refractivity contribution in [2.24, 2.45) is 5.11 Å². The van der Waals surface area contributed by atoms with Gasteiger partial charge in [0.2, 0.25) is 11.6 Å². The predicted octanol–water partition coefficient (Wildman–Crippen LogP) is 4.89. The minimum Gasteiger partial charge on any atom is -0.354 e. The number of nitrogens with zero attached hydrogens (tertiary/aromatic N) is 7. The van der Waals surface area contributed by atoms with Gasteiger partial charge in [0.15, 0.2) is 6.54 Å². The summed E-state index contributed by atoms with van der Waals surface area (Å²) in [5.74, 6) is 1.57. The van der Waals surface area contributed by atoms with Crippen LogP contribution in [-0.4, -0.2) is 64.3 Å². The molecule has 1 N–H and O–H groups in total. The van der Waals surface area contributed by atoms with Crippen LogP contribution in [0.15, 0.2) is 53.9 Å². The van der Waals surface area contributed by atoms with Crippen molar-refractivity contribution in [3.8, 4) is 0 Å². The highest BCUT2D eigenvalue weighted by molar-refractivity contribution is 5.83. The van der Waals surface area contributed by atoms with Crippen LogP contribution in [0.25, 0.3) is 5.57 Å². The largest absolute Gasteiger partial charge is 0.354 e. The van der Waals surface area contributed by atoms with Gasteiger partial charge in [0.05, 0.1) is 5.69 Å². The number of allylic oxidation sites excluding steroid dienone is 1. The SMILES string of the molecule is C/C=C(/c1ccc2c(c1)[N+](CC)=N2)c1cnc(Nc2ccnc(N3CCN(C)CC3)c2)nc1C. The number of nitrogens with one attached hydrogen (secondary N) is 1. The molecule has 5 rings (SSSR count). The number of likely N-dealkylation sites (N-methyl/N-ethyl adjacent to an activating group) is 1. The number of azo groups is 2. The van der Waals surface area contributed by atoms with E-state index in [1.807, 2.05) is 30.1 Å². The summed E-state index contributed by atoms with van der Waals surface area (Å²) in [5, 5.41) is 7.84. The summed E-state index contributed by atoms with van der Waals surface area (Å²) in [5.41, 5.74) is 7.38. The average molecular weight is 456 g/mol. The Morgan fingerprint density at radius 3 is 2.68 bits per heavy atom. The number of hydrogen-bond donors (Lipinski definition) is 1. The van der Waals surface area contributed by atoms with Crippen LogP contribution in [0.1, 0.15) is 30.7 Å². The average Bonchev–Trinajstić information content (AvgIpc) is 2.83. The second-order valence-corrected chi connectivity index (χ2v) is 8.73. The maximum absolute atomic E-state index is 4.77. The third-order valence-corrected chi connectivity index (χ3v) is 6.48. The molecule has 0 atom stereocenters. The summed E-state index contributed by atoms with van der Waals surface area (Å²) in [4.78, 5) is 18.6. The number of hydrogen-bond acceptors (Lipinski definition) is 7. The molecule has 1 aromatic carbocycles. The molecule has 3 aromatic rings. The van der Waals surface area contributed by atoms with Gasteiger partial charge < -0.3 is 15.1 Å². The molecule has 0 bridgehead atoms. The van der Waals surface area contributed by atoms with Crippen LogP contribution in [0.5, 0.6) is 0 Å². The van der Waals surface area contributed by atoms with Crippen LogP contribution in [0, 0.1) is 6.92 Å². The van der Waals surface area contributed by atoms with E-state index < -0.39 is 0 Å². The molecule has 2 aliphatic rings. The third-order valence-electron chi connectivity index (χ3n) is 6.48. The molecule has 34 heavy (non-hydrogen) atoms. The van der Waals surface area contributed by atoms with Crippen LogP contribution in [0.2, 0.25) is 0 Å². The molecule has 8 heteroatoms. The molecule has 4 heterocycles. The summed E-state index contributed by atoms with van der Waals surface area (Å²) >= 11 is 0. The van der Waals surface area contributed by atoms with E-state index in [2.05, 4.69) is 81.4 Å². The normalized spacial score (nSPS) is 16.1. The first-order chi connectivity index (χ1) is 16.6. The van der Waals surface area contributed by atoms with Crippen molar-refractivity contribution in [2.45, 2.75) is 20.8 Å². The van der Waals surface area contributed by atoms with Gasteiger partial charge in [-0.25, -0.2) is 15.0 Å². The zero-order valence-electron chi connectivity index (χ0n) is 20.3. The van der Waals surface area contributed by atoms with Gasteiger partial charge in [0.25, 0.3) is 5.69 Å². The fraction of sp³-hybridized carbons (Fsp3) is 0.346. The van der Waals surface area contributed by atoms with Crippen LogP contribution in [0.4, 0.5) is 28.8 Å². The van der Waals surface area contributed by atoms with Crippen molar-refractivity contribution < 1.29 is 4.70 Å². The lowest BCUT2D eigenvalue weighted by Crippen LogP contribution is -2.44. The number of pyridine rings is 1. The number of benzene rings is 1. The molecule has 0 spiro atoms. The topological polar surface area (TPSA) is 72.6 Å². The monoisotopic (exact) mass is 455 g/mol. The van der Waals surface area contributed by atoms with E-state index in [-0.39, 0.29) is 0 Å². The maximum atomic E-state index is 4.77. The number of fused-ring (bicyclic) bond motifs is 1. The highest BCUT2D eigenvalue weighted by Crippen LogP contribution is 2.40.